The van der Waals surface area contributed by atoms with Crippen molar-refractivity contribution < 1.29 is 9.59 Å². The topological polar surface area (TPSA) is 75.4 Å². The monoisotopic (exact) mass is 349 g/mol. The van der Waals surface area contributed by atoms with Gasteiger partial charge in [-0.1, -0.05) is 48.5 Å². The first-order valence-corrected chi connectivity index (χ1v) is 9.08. The highest BCUT2D eigenvalue weighted by Crippen LogP contribution is 2.31. The van der Waals surface area contributed by atoms with Gasteiger partial charge < -0.3 is 16.0 Å². The van der Waals surface area contributed by atoms with Crippen molar-refractivity contribution in [2.45, 2.75) is 30.8 Å². The summed E-state index contributed by atoms with van der Waals surface area (Å²) in [4.78, 5) is 27.3. The van der Waals surface area contributed by atoms with Crippen molar-refractivity contribution in [3.05, 3.63) is 71.3 Å². The largest absolute Gasteiger partial charge is 0.345 e. The van der Waals surface area contributed by atoms with E-state index in [1.807, 2.05) is 54.6 Å². The van der Waals surface area contributed by atoms with Crippen molar-refractivity contribution in [3.63, 3.8) is 0 Å². The second kappa shape index (κ2) is 6.57. The van der Waals surface area contributed by atoms with Gasteiger partial charge in [0.15, 0.2) is 0 Å². The summed E-state index contributed by atoms with van der Waals surface area (Å²) in [6.07, 6.45) is 2.43. The van der Waals surface area contributed by atoms with Gasteiger partial charge in [-0.05, 0) is 36.5 Å². The molecule has 2 aliphatic heterocycles. The molecule has 0 aromatic heterocycles. The van der Waals surface area contributed by atoms with Crippen LogP contribution in [0.5, 0.6) is 0 Å². The van der Waals surface area contributed by atoms with Gasteiger partial charge in [-0.3, -0.25) is 9.59 Å². The van der Waals surface area contributed by atoms with Crippen LogP contribution in [0.1, 0.15) is 40.4 Å². The van der Waals surface area contributed by atoms with E-state index < -0.39 is 6.04 Å². The normalized spacial score (nSPS) is 23.3. The lowest BCUT2D eigenvalue weighted by molar-refractivity contribution is -0.131. The van der Waals surface area contributed by atoms with Crippen LogP contribution < -0.4 is 11.1 Å². The van der Waals surface area contributed by atoms with Gasteiger partial charge in [0, 0.05) is 18.7 Å². The van der Waals surface area contributed by atoms with Crippen molar-refractivity contribution in [1.82, 2.24) is 10.2 Å². The smallest absolute Gasteiger partial charge is 0.252 e. The number of fused-ring (bicyclic) bond motifs is 1. The number of hydrogen-bond acceptors (Lipinski definition) is 3. The Bertz CT molecular complexity index is 836. The lowest BCUT2D eigenvalue weighted by Crippen LogP contribution is -2.50. The van der Waals surface area contributed by atoms with Crippen LogP contribution in [0.4, 0.5) is 0 Å². The highest BCUT2D eigenvalue weighted by Gasteiger charge is 2.43. The van der Waals surface area contributed by atoms with Gasteiger partial charge in [0.05, 0.1) is 5.54 Å². The summed E-state index contributed by atoms with van der Waals surface area (Å²) in [5.41, 5.74) is 8.46. The van der Waals surface area contributed by atoms with Crippen LogP contribution in [0.15, 0.2) is 54.6 Å². The lowest BCUT2D eigenvalue weighted by Gasteiger charge is -2.29. The van der Waals surface area contributed by atoms with E-state index in [1.165, 1.54) is 0 Å². The van der Waals surface area contributed by atoms with Crippen molar-refractivity contribution in [1.29, 1.82) is 0 Å². The zero-order valence-corrected chi connectivity index (χ0v) is 14.7. The molecule has 2 amide bonds. The summed E-state index contributed by atoms with van der Waals surface area (Å²) in [6, 6.07) is 16.5. The van der Waals surface area contributed by atoms with Crippen molar-refractivity contribution in [2.24, 2.45) is 5.73 Å². The Labute approximate surface area is 153 Å². The van der Waals surface area contributed by atoms with Gasteiger partial charge in [0.25, 0.3) is 5.91 Å². The number of carbonyl (C=O) groups is 2. The number of nitrogens with two attached hydrogens (primary N) is 1. The number of benzene rings is 2. The number of amides is 2. The average molecular weight is 349 g/mol. The molecule has 1 spiro atoms. The summed E-state index contributed by atoms with van der Waals surface area (Å²) >= 11 is 0. The van der Waals surface area contributed by atoms with E-state index in [1.54, 1.807) is 4.90 Å². The Kier molecular flexibility index (Phi) is 4.24. The molecular weight excluding hydrogens is 326 g/mol. The molecular formula is C21H23N3O2. The van der Waals surface area contributed by atoms with Gasteiger partial charge >= 0.3 is 0 Å². The molecule has 0 saturated carbocycles. The second-order valence-corrected chi connectivity index (χ2v) is 7.29. The van der Waals surface area contributed by atoms with E-state index in [0.717, 1.165) is 36.0 Å². The summed E-state index contributed by atoms with van der Waals surface area (Å²) in [5, 5.41) is 3.20. The molecule has 1 saturated heterocycles. The Morgan fingerprint density at radius 3 is 2.62 bits per heavy atom. The number of rotatable bonds is 2. The van der Waals surface area contributed by atoms with Crippen LogP contribution in [0.25, 0.3) is 0 Å². The van der Waals surface area contributed by atoms with Crippen molar-refractivity contribution >= 4 is 11.8 Å². The molecule has 3 N–H and O–H groups in total. The minimum Gasteiger partial charge on any atom is -0.345 e. The number of nitrogens with one attached hydrogen (secondary N) is 1. The first-order valence-electron chi connectivity index (χ1n) is 9.08. The Morgan fingerprint density at radius 2 is 1.81 bits per heavy atom. The molecule has 2 atom stereocenters. The zero-order valence-electron chi connectivity index (χ0n) is 14.7. The molecule has 1 fully saturated rings. The highest BCUT2D eigenvalue weighted by atomic mass is 16.2. The van der Waals surface area contributed by atoms with Gasteiger partial charge in [-0.25, -0.2) is 0 Å². The maximum Gasteiger partial charge on any atom is 0.252 e. The summed E-state index contributed by atoms with van der Waals surface area (Å²) in [5.74, 6) is -0.121. The van der Waals surface area contributed by atoms with E-state index in [2.05, 4.69) is 5.32 Å². The molecule has 2 aromatic rings. The lowest BCUT2D eigenvalue weighted by atomic mass is 9.91. The summed E-state index contributed by atoms with van der Waals surface area (Å²) in [6.45, 7) is 1.14. The number of carbonyl (C=O) groups excluding carboxylic acids is 2. The van der Waals surface area contributed by atoms with Gasteiger partial charge in [-0.2, -0.15) is 0 Å². The standard InChI is InChI=1S/C21H23N3O2/c22-18(16-7-2-1-3-8-16)20(26)24-13-12-21(14-24)11-10-15-6-4-5-9-17(15)19(25)23-21/h1-9,18H,10-14,22H2,(H,23,25)/t18-,21-/m0/s1. The van der Waals surface area contributed by atoms with Crippen molar-refractivity contribution in [2.75, 3.05) is 13.1 Å². The SMILES string of the molecule is N[C@H](C(=O)N1CC[C@@]2(CCc3ccccc3C(=O)N2)C1)c1ccccc1. The molecule has 0 unspecified atom stereocenters. The van der Waals surface area contributed by atoms with E-state index >= 15 is 0 Å². The van der Waals surface area contributed by atoms with Gasteiger partial charge in [0.2, 0.25) is 5.91 Å². The molecule has 2 aliphatic rings. The summed E-state index contributed by atoms with van der Waals surface area (Å²) < 4.78 is 0. The quantitative estimate of drug-likeness (QED) is 0.871. The molecule has 4 rings (SSSR count). The first kappa shape index (κ1) is 16.8. The predicted molar refractivity (Wildman–Crippen MR) is 99.5 cm³/mol. The Morgan fingerprint density at radius 1 is 1.08 bits per heavy atom. The molecule has 134 valence electrons. The maximum atomic E-state index is 12.8. The molecule has 0 aliphatic carbocycles. The summed E-state index contributed by atoms with van der Waals surface area (Å²) in [7, 11) is 0. The predicted octanol–water partition coefficient (Wildman–Crippen LogP) is 2.03. The third-order valence-corrected chi connectivity index (χ3v) is 5.60. The van der Waals surface area contributed by atoms with E-state index in [4.69, 9.17) is 5.73 Å². The minimum atomic E-state index is -0.662. The number of nitrogens with zero attached hydrogens (tertiary/aromatic N) is 1. The molecule has 0 bridgehead atoms. The first-order chi connectivity index (χ1) is 12.6. The fraction of sp³-hybridized carbons (Fsp3) is 0.333. The minimum absolute atomic E-state index is 0.0419. The fourth-order valence-corrected chi connectivity index (χ4v) is 4.07. The Hall–Kier alpha value is -2.66. The molecule has 26 heavy (non-hydrogen) atoms. The van der Waals surface area contributed by atoms with Crippen LogP contribution in [0.2, 0.25) is 0 Å². The molecule has 5 heteroatoms. The molecule has 0 radical (unpaired) electrons. The van der Waals surface area contributed by atoms with Crippen LogP contribution in [-0.2, 0) is 11.2 Å². The molecule has 5 nitrogen and oxygen atoms in total. The highest BCUT2D eigenvalue weighted by molar-refractivity contribution is 5.96. The maximum absolute atomic E-state index is 12.8. The third-order valence-electron chi connectivity index (χ3n) is 5.60. The van der Waals surface area contributed by atoms with Gasteiger partial charge in [0.1, 0.15) is 6.04 Å². The van der Waals surface area contributed by atoms with Crippen molar-refractivity contribution in [3.8, 4) is 0 Å². The molecule has 2 aromatic carbocycles. The van der Waals surface area contributed by atoms with E-state index in [-0.39, 0.29) is 17.4 Å². The second-order valence-electron chi connectivity index (χ2n) is 7.29. The third kappa shape index (κ3) is 2.99. The van der Waals surface area contributed by atoms with Crippen LogP contribution >= 0.6 is 0 Å². The number of aryl methyl sites for hydroxylation is 1. The van der Waals surface area contributed by atoms with E-state index in [0.29, 0.717) is 13.1 Å². The zero-order chi connectivity index (χ0) is 18.1. The average Bonchev–Trinajstić information content (AvgIpc) is 3.04. The van der Waals surface area contributed by atoms with Crippen LogP contribution in [0, 0.1) is 0 Å². The van der Waals surface area contributed by atoms with Gasteiger partial charge in [-0.15, -0.1) is 0 Å². The number of hydrogen-bond donors (Lipinski definition) is 2. The Balaban J connectivity index is 1.50. The fourth-order valence-electron chi connectivity index (χ4n) is 4.07. The van der Waals surface area contributed by atoms with E-state index in [9.17, 15) is 9.59 Å². The number of likely N-dealkylation sites (tertiary alicyclic amines) is 1. The molecule has 2 heterocycles. The van der Waals surface area contributed by atoms with Crippen LogP contribution in [0.3, 0.4) is 0 Å². The van der Waals surface area contributed by atoms with Crippen LogP contribution in [-0.4, -0.2) is 35.3 Å².